The quantitative estimate of drug-likeness (QED) is 0.320. The summed E-state index contributed by atoms with van der Waals surface area (Å²) in [5, 5.41) is 10.7. The lowest BCUT2D eigenvalue weighted by atomic mass is 9.83. The molecule has 3 aliphatic rings. The third kappa shape index (κ3) is 7.92. The number of rotatable bonds is 13. The largest absolute Gasteiger partial charge is 0.493 e. The maximum Gasteiger partial charge on any atom is 0.308 e. The number of carbonyl (C=O) groups excluding carboxylic acids is 2. The smallest absolute Gasteiger partial charge is 0.308 e. The molecule has 5 rings (SSSR count). The summed E-state index contributed by atoms with van der Waals surface area (Å²) in [5.41, 5.74) is 4.05. The van der Waals surface area contributed by atoms with Gasteiger partial charge in [-0.3, -0.25) is 19.3 Å². The number of amides is 2. The van der Waals surface area contributed by atoms with Crippen LogP contribution in [0.3, 0.4) is 0 Å². The molecule has 46 heavy (non-hydrogen) atoms. The average Bonchev–Trinajstić information content (AvgIpc) is 3.65. The van der Waals surface area contributed by atoms with Crippen LogP contribution in [0.15, 0.2) is 42.5 Å². The van der Waals surface area contributed by atoms with E-state index < -0.39 is 11.9 Å². The van der Waals surface area contributed by atoms with Gasteiger partial charge in [-0.15, -0.1) is 0 Å². The maximum atomic E-state index is 14.3. The summed E-state index contributed by atoms with van der Waals surface area (Å²) in [5.74, 6) is -0.865. The Labute approximate surface area is 274 Å². The number of hydrogen-bond donors (Lipinski definition) is 1. The van der Waals surface area contributed by atoms with Crippen LogP contribution in [0.5, 0.6) is 5.75 Å². The Bertz CT molecular complexity index is 1430. The first-order valence-electron chi connectivity index (χ1n) is 16.9. The Morgan fingerprint density at radius 1 is 1.13 bits per heavy atom. The Morgan fingerprint density at radius 3 is 2.59 bits per heavy atom. The van der Waals surface area contributed by atoms with Crippen LogP contribution >= 0.6 is 0 Å². The number of aliphatic carboxylic acids is 1. The lowest BCUT2D eigenvalue weighted by Crippen LogP contribution is -2.45. The fraction of sp³-hybridized carbons (Fsp3) is 0.595. The summed E-state index contributed by atoms with van der Waals surface area (Å²) in [7, 11) is 6.46. The number of carboxylic acids is 1. The molecule has 250 valence electrons. The molecule has 0 spiro atoms. The molecule has 2 saturated heterocycles. The summed E-state index contributed by atoms with van der Waals surface area (Å²) in [6.45, 7) is 10.1. The van der Waals surface area contributed by atoms with Gasteiger partial charge < -0.3 is 24.1 Å². The molecule has 2 amide bonds. The molecule has 0 unspecified atom stereocenters. The van der Waals surface area contributed by atoms with Crippen LogP contribution in [0.2, 0.25) is 0 Å². The van der Waals surface area contributed by atoms with Gasteiger partial charge >= 0.3 is 5.97 Å². The average molecular weight is 634 g/mol. The Morgan fingerprint density at radius 2 is 1.91 bits per heavy atom. The second kappa shape index (κ2) is 13.7. The molecule has 0 bridgehead atoms. The van der Waals surface area contributed by atoms with Crippen LogP contribution < -0.4 is 9.64 Å². The zero-order valence-electron chi connectivity index (χ0n) is 28.6. The summed E-state index contributed by atoms with van der Waals surface area (Å²) in [6, 6.07) is 13.9. The van der Waals surface area contributed by atoms with Crippen molar-refractivity contribution in [2.75, 3.05) is 65.4 Å². The second-order valence-corrected chi connectivity index (χ2v) is 15.4. The number of benzene rings is 2. The van der Waals surface area contributed by atoms with Gasteiger partial charge in [0.2, 0.25) is 11.8 Å². The zero-order valence-corrected chi connectivity index (χ0v) is 28.6. The molecule has 9 nitrogen and oxygen atoms in total. The summed E-state index contributed by atoms with van der Waals surface area (Å²) in [6.07, 6.45) is 3.65. The normalized spacial score (nSPS) is 22.6. The van der Waals surface area contributed by atoms with Gasteiger partial charge in [-0.05, 0) is 47.6 Å². The summed E-state index contributed by atoms with van der Waals surface area (Å²) >= 11 is 0. The molecule has 3 atom stereocenters. The van der Waals surface area contributed by atoms with E-state index in [4.69, 9.17) is 4.74 Å². The fourth-order valence-electron chi connectivity index (χ4n) is 7.64. The van der Waals surface area contributed by atoms with Gasteiger partial charge in [0, 0.05) is 62.2 Å². The van der Waals surface area contributed by atoms with E-state index in [1.807, 2.05) is 34.1 Å². The molecule has 2 fully saturated rings. The number of unbranched alkanes of at least 4 members (excludes halogenated alkanes) is 1. The molecule has 3 heterocycles. The zero-order chi connectivity index (χ0) is 33.2. The van der Waals surface area contributed by atoms with Gasteiger partial charge in [-0.25, -0.2) is 0 Å². The molecule has 0 radical (unpaired) electrons. The number of nitrogens with zero attached hydrogens (tertiary/aromatic N) is 4. The lowest BCUT2D eigenvalue weighted by Gasteiger charge is -2.31. The molecule has 2 aromatic carbocycles. The van der Waals surface area contributed by atoms with Crippen molar-refractivity contribution >= 4 is 23.5 Å². The highest BCUT2D eigenvalue weighted by molar-refractivity contribution is 5.95. The minimum atomic E-state index is -0.856. The van der Waals surface area contributed by atoms with Crippen LogP contribution in [0, 0.1) is 11.3 Å². The van der Waals surface area contributed by atoms with Gasteiger partial charge in [0.25, 0.3) is 0 Å². The lowest BCUT2D eigenvalue weighted by molar-refractivity contribution is -0.884. The second-order valence-electron chi connectivity index (χ2n) is 15.4. The van der Waals surface area contributed by atoms with E-state index in [9.17, 15) is 19.5 Å². The number of hydrogen-bond acceptors (Lipinski definition) is 5. The van der Waals surface area contributed by atoms with Gasteiger partial charge in [-0.2, -0.15) is 0 Å². The number of anilines is 1. The third-order valence-electron chi connectivity index (χ3n) is 9.73. The van der Waals surface area contributed by atoms with Crippen molar-refractivity contribution in [3.8, 4) is 5.75 Å². The SMILES string of the molecule is CCCCN(C(=O)CN1C[C@H](c2ccc3c(c2)CCO3)[C@@H](C(=O)O)[C@@H]1CCN1CC(C)(C)CC1=O)c1cccc(C[N+](C)(C)C)c1. The number of carbonyl (C=O) groups is 3. The fourth-order valence-corrected chi connectivity index (χ4v) is 7.64. The highest BCUT2D eigenvalue weighted by Gasteiger charge is 2.48. The monoisotopic (exact) mass is 633 g/mol. The first kappa shape index (κ1) is 33.9. The number of carboxylic acid groups (broad SMARTS) is 1. The summed E-state index contributed by atoms with van der Waals surface area (Å²) < 4.78 is 6.51. The number of quaternary nitrogens is 1. The Hall–Kier alpha value is -3.43. The first-order chi connectivity index (χ1) is 21.7. The van der Waals surface area contributed by atoms with Crippen molar-refractivity contribution in [1.82, 2.24) is 9.80 Å². The summed E-state index contributed by atoms with van der Waals surface area (Å²) in [4.78, 5) is 46.0. The van der Waals surface area contributed by atoms with Gasteiger partial charge in [0.1, 0.15) is 12.3 Å². The van der Waals surface area contributed by atoms with Crippen molar-refractivity contribution in [1.29, 1.82) is 0 Å². The van der Waals surface area contributed by atoms with Crippen molar-refractivity contribution in [3.05, 3.63) is 59.2 Å². The maximum absolute atomic E-state index is 14.3. The standard InChI is InChI=1S/C37H52N4O5/c1-7-8-16-40(29-11-9-10-26(19-29)24-41(4,5)6)34(43)23-39-22-30(27-12-13-32-28(20-27)15-18-46-32)35(36(44)45)31(39)14-17-38-25-37(2,3)21-33(38)42/h9-13,19-20,30-31,35H,7-8,14-18,21-25H2,1-6H3/p+1/t30-,31+,35-/m1/s1. The van der Waals surface area contributed by atoms with E-state index >= 15 is 0 Å². The van der Waals surface area contributed by atoms with Gasteiger partial charge in [0.05, 0.1) is 40.2 Å². The third-order valence-corrected chi connectivity index (χ3v) is 9.73. The minimum Gasteiger partial charge on any atom is -0.493 e. The van der Waals surface area contributed by atoms with Crippen LogP contribution in [-0.2, 0) is 27.3 Å². The molecular weight excluding hydrogens is 580 g/mol. The van der Waals surface area contributed by atoms with Crippen molar-refractivity contribution in [3.63, 3.8) is 0 Å². The predicted octanol–water partition coefficient (Wildman–Crippen LogP) is 4.78. The number of likely N-dealkylation sites (tertiary alicyclic amines) is 2. The highest BCUT2D eigenvalue weighted by atomic mass is 16.5. The molecule has 0 aromatic heterocycles. The first-order valence-corrected chi connectivity index (χ1v) is 16.9. The predicted molar refractivity (Wildman–Crippen MR) is 180 cm³/mol. The molecule has 2 aromatic rings. The van der Waals surface area contributed by atoms with Crippen LogP contribution in [-0.4, -0.2) is 104 Å². The van der Waals surface area contributed by atoms with Crippen LogP contribution in [0.25, 0.3) is 0 Å². The Kier molecular flexibility index (Phi) is 10.1. The molecule has 3 aliphatic heterocycles. The van der Waals surface area contributed by atoms with E-state index in [0.717, 1.165) is 52.9 Å². The number of ether oxygens (including phenoxy) is 1. The number of fused-ring (bicyclic) bond motifs is 1. The topological polar surface area (TPSA) is 90.4 Å². The van der Waals surface area contributed by atoms with Crippen LogP contribution in [0.4, 0.5) is 5.69 Å². The van der Waals surface area contributed by atoms with E-state index in [0.29, 0.717) is 45.6 Å². The molecular formula is C37H53N4O5+. The van der Waals surface area contributed by atoms with E-state index in [-0.39, 0.29) is 35.7 Å². The molecule has 1 N–H and O–H groups in total. The van der Waals surface area contributed by atoms with E-state index in [2.05, 4.69) is 65.0 Å². The van der Waals surface area contributed by atoms with Gasteiger partial charge in [0.15, 0.2) is 0 Å². The van der Waals surface area contributed by atoms with Crippen molar-refractivity contribution in [2.45, 2.75) is 71.4 Å². The van der Waals surface area contributed by atoms with Crippen molar-refractivity contribution in [2.24, 2.45) is 11.3 Å². The molecule has 0 saturated carbocycles. The van der Waals surface area contributed by atoms with Gasteiger partial charge in [-0.1, -0.05) is 51.5 Å². The van der Waals surface area contributed by atoms with E-state index in [1.165, 1.54) is 5.56 Å². The highest BCUT2D eigenvalue weighted by Crippen LogP contribution is 2.42. The Balaban J connectivity index is 1.43. The minimum absolute atomic E-state index is 0.0219. The molecule has 9 heteroatoms. The van der Waals surface area contributed by atoms with Crippen molar-refractivity contribution < 1.29 is 28.7 Å². The van der Waals surface area contributed by atoms with Crippen LogP contribution in [0.1, 0.15) is 69.1 Å². The molecule has 0 aliphatic carbocycles. The van der Waals surface area contributed by atoms with E-state index in [1.54, 1.807) is 0 Å².